The molecule has 1 rings (SSSR count). The average molecular weight is 227 g/mol. The lowest BCUT2D eigenvalue weighted by atomic mass is 9.87. The monoisotopic (exact) mass is 227 g/mol. The third kappa shape index (κ3) is 3.46. The molecule has 1 saturated carbocycles. The molecule has 3 unspecified atom stereocenters. The van der Waals surface area contributed by atoms with Gasteiger partial charge in [0.1, 0.15) is 0 Å². The van der Waals surface area contributed by atoms with Crippen molar-refractivity contribution < 1.29 is 5.11 Å². The number of nitrogens with zero attached hydrogens (tertiary/aromatic N) is 1. The molecule has 0 aromatic heterocycles. The third-order valence-electron chi connectivity index (χ3n) is 4.27. The molecule has 1 aliphatic rings. The van der Waals surface area contributed by atoms with Crippen molar-refractivity contribution in [1.29, 1.82) is 0 Å². The Bertz CT molecular complexity index is 215. The van der Waals surface area contributed by atoms with Crippen molar-refractivity contribution >= 4 is 0 Å². The van der Waals surface area contributed by atoms with E-state index in [1.165, 1.54) is 12.8 Å². The summed E-state index contributed by atoms with van der Waals surface area (Å²) in [7, 11) is 2.18. The zero-order valence-electron chi connectivity index (χ0n) is 11.7. The van der Waals surface area contributed by atoms with Crippen LogP contribution in [-0.4, -0.2) is 36.2 Å². The van der Waals surface area contributed by atoms with Crippen LogP contribution < -0.4 is 0 Å². The van der Waals surface area contributed by atoms with Gasteiger partial charge in [-0.2, -0.15) is 0 Å². The summed E-state index contributed by atoms with van der Waals surface area (Å²) in [6.07, 6.45) is 3.46. The normalized spacial score (nSPS) is 30.9. The number of rotatable bonds is 5. The van der Waals surface area contributed by atoms with Crippen LogP contribution in [0.2, 0.25) is 0 Å². The summed E-state index contributed by atoms with van der Waals surface area (Å²) in [6, 6.07) is 0. The fourth-order valence-electron chi connectivity index (χ4n) is 2.83. The SMILES string of the molecule is CCC(C)CN(C)CC1CCC(C)(C)C1O. The lowest BCUT2D eigenvalue weighted by Crippen LogP contribution is -2.36. The van der Waals surface area contributed by atoms with Crippen LogP contribution in [0.3, 0.4) is 0 Å². The maximum absolute atomic E-state index is 10.2. The summed E-state index contributed by atoms with van der Waals surface area (Å²) in [5, 5.41) is 10.2. The maximum Gasteiger partial charge on any atom is 0.0631 e. The smallest absolute Gasteiger partial charge is 0.0631 e. The quantitative estimate of drug-likeness (QED) is 0.780. The summed E-state index contributed by atoms with van der Waals surface area (Å²) in [5.41, 5.74) is 0.127. The van der Waals surface area contributed by atoms with E-state index < -0.39 is 0 Å². The lowest BCUT2D eigenvalue weighted by Gasteiger charge is -2.29. The molecule has 0 amide bonds. The first-order valence-corrected chi connectivity index (χ1v) is 6.73. The molecular formula is C14H29NO. The first-order valence-electron chi connectivity index (χ1n) is 6.73. The van der Waals surface area contributed by atoms with E-state index in [0.717, 1.165) is 25.4 Å². The van der Waals surface area contributed by atoms with Crippen molar-refractivity contribution in [2.75, 3.05) is 20.1 Å². The van der Waals surface area contributed by atoms with Crippen LogP contribution in [0, 0.1) is 17.3 Å². The zero-order valence-corrected chi connectivity index (χ0v) is 11.7. The molecule has 3 atom stereocenters. The second-order valence-corrected chi connectivity index (χ2v) is 6.47. The van der Waals surface area contributed by atoms with E-state index >= 15 is 0 Å². The van der Waals surface area contributed by atoms with Crippen LogP contribution in [0.25, 0.3) is 0 Å². The van der Waals surface area contributed by atoms with Gasteiger partial charge in [-0.3, -0.25) is 0 Å². The Morgan fingerprint density at radius 3 is 2.50 bits per heavy atom. The second-order valence-electron chi connectivity index (χ2n) is 6.47. The Labute approximate surface area is 101 Å². The number of hydrogen-bond donors (Lipinski definition) is 1. The Balaban J connectivity index is 2.38. The highest BCUT2D eigenvalue weighted by molar-refractivity contribution is 4.91. The van der Waals surface area contributed by atoms with Crippen molar-refractivity contribution in [3.8, 4) is 0 Å². The van der Waals surface area contributed by atoms with E-state index in [-0.39, 0.29) is 11.5 Å². The third-order valence-corrected chi connectivity index (χ3v) is 4.27. The summed E-state index contributed by atoms with van der Waals surface area (Å²) in [6.45, 7) is 11.1. The fourth-order valence-corrected chi connectivity index (χ4v) is 2.83. The van der Waals surface area contributed by atoms with Crippen LogP contribution in [0.1, 0.15) is 47.0 Å². The van der Waals surface area contributed by atoms with E-state index in [2.05, 4.69) is 39.6 Å². The summed E-state index contributed by atoms with van der Waals surface area (Å²) < 4.78 is 0. The Hall–Kier alpha value is -0.0800. The zero-order chi connectivity index (χ0) is 12.3. The van der Waals surface area contributed by atoms with Crippen LogP contribution >= 0.6 is 0 Å². The van der Waals surface area contributed by atoms with Crippen LogP contribution in [0.15, 0.2) is 0 Å². The van der Waals surface area contributed by atoms with Crippen molar-refractivity contribution in [2.45, 2.75) is 53.1 Å². The molecule has 0 spiro atoms. The van der Waals surface area contributed by atoms with E-state index in [1.807, 2.05) is 0 Å². The van der Waals surface area contributed by atoms with E-state index in [1.54, 1.807) is 0 Å². The number of hydrogen-bond acceptors (Lipinski definition) is 2. The van der Waals surface area contributed by atoms with Crippen molar-refractivity contribution in [1.82, 2.24) is 4.90 Å². The number of aliphatic hydroxyl groups excluding tert-OH is 1. The molecule has 96 valence electrons. The minimum absolute atomic E-state index is 0.119. The summed E-state index contributed by atoms with van der Waals surface area (Å²) in [4.78, 5) is 2.39. The second kappa shape index (κ2) is 5.50. The van der Waals surface area contributed by atoms with Gasteiger partial charge in [-0.05, 0) is 37.1 Å². The highest BCUT2D eigenvalue weighted by atomic mass is 16.3. The topological polar surface area (TPSA) is 23.5 Å². The molecule has 2 heteroatoms. The molecule has 1 fully saturated rings. The predicted molar refractivity (Wildman–Crippen MR) is 69.5 cm³/mol. The van der Waals surface area contributed by atoms with Crippen molar-refractivity contribution in [2.24, 2.45) is 17.3 Å². The standard InChI is InChI=1S/C14H29NO/c1-6-11(2)9-15(5)10-12-7-8-14(3,4)13(12)16/h11-13,16H,6-10H2,1-5H3. The van der Waals surface area contributed by atoms with Gasteiger partial charge in [0.15, 0.2) is 0 Å². The van der Waals surface area contributed by atoms with Crippen molar-refractivity contribution in [3.05, 3.63) is 0 Å². The molecule has 1 aliphatic carbocycles. The van der Waals surface area contributed by atoms with Gasteiger partial charge in [0.2, 0.25) is 0 Å². The van der Waals surface area contributed by atoms with Crippen LogP contribution in [-0.2, 0) is 0 Å². The summed E-state index contributed by atoms with van der Waals surface area (Å²) in [5.74, 6) is 1.24. The van der Waals surface area contributed by atoms with Gasteiger partial charge in [-0.25, -0.2) is 0 Å². The minimum Gasteiger partial charge on any atom is -0.392 e. The molecule has 0 aliphatic heterocycles. The molecule has 2 nitrogen and oxygen atoms in total. The molecule has 0 radical (unpaired) electrons. The Morgan fingerprint density at radius 1 is 1.44 bits per heavy atom. The number of aliphatic hydroxyl groups is 1. The first kappa shape index (κ1) is 14.0. The largest absolute Gasteiger partial charge is 0.392 e. The molecule has 0 bridgehead atoms. The average Bonchev–Trinajstić information content (AvgIpc) is 2.45. The van der Waals surface area contributed by atoms with E-state index in [9.17, 15) is 5.11 Å². The molecular weight excluding hydrogens is 198 g/mol. The van der Waals surface area contributed by atoms with E-state index in [0.29, 0.717) is 5.92 Å². The first-order chi connectivity index (χ1) is 7.36. The Kier molecular flexibility index (Phi) is 4.81. The molecule has 16 heavy (non-hydrogen) atoms. The molecule has 0 heterocycles. The molecule has 0 aromatic carbocycles. The van der Waals surface area contributed by atoms with Crippen LogP contribution in [0.4, 0.5) is 0 Å². The fraction of sp³-hybridized carbons (Fsp3) is 1.00. The van der Waals surface area contributed by atoms with Gasteiger partial charge < -0.3 is 10.0 Å². The predicted octanol–water partition coefficient (Wildman–Crippen LogP) is 2.76. The van der Waals surface area contributed by atoms with Gasteiger partial charge in [0, 0.05) is 13.1 Å². The van der Waals surface area contributed by atoms with Gasteiger partial charge in [-0.15, -0.1) is 0 Å². The van der Waals surface area contributed by atoms with Gasteiger partial charge in [-0.1, -0.05) is 34.1 Å². The van der Waals surface area contributed by atoms with Crippen LogP contribution in [0.5, 0.6) is 0 Å². The molecule has 0 aromatic rings. The molecule has 0 saturated heterocycles. The van der Waals surface area contributed by atoms with Gasteiger partial charge in [0.25, 0.3) is 0 Å². The van der Waals surface area contributed by atoms with E-state index in [4.69, 9.17) is 0 Å². The minimum atomic E-state index is -0.119. The highest BCUT2D eigenvalue weighted by Crippen LogP contribution is 2.41. The Morgan fingerprint density at radius 2 is 2.06 bits per heavy atom. The molecule has 1 N–H and O–H groups in total. The summed E-state index contributed by atoms with van der Waals surface area (Å²) >= 11 is 0. The van der Waals surface area contributed by atoms with Gasteiger partial charge in [0.05, 0.1) is 6.10 Å². The highest BCUT2D eigenvalue weighted by Gasteiger charge is 2.40. The van der Waals surface area contributed by atoms with Crippen molar-refractivity contribution in [3.63, 3.8) is 0 Å². The van der Waals surface area contributed by atoms with Gasteiger partial charge >= 0.3 is 0 Å². The lowest BCUT2D eigenvalue weighted by molar-refractivity contribution is 0.0342. The maximum atomic E-state index is 10.2.